The third-order valence-corrected chi connectivity index (χ3v) is 11.4. The molecule has 2 saturated heterocycles. The van der Waals surface area contributed by atoms with E-state index in [2.05, 4.69) is 64.1 Å². The van der Waals surface area contributed by atoms with Gasteiger partial charge in [0.2, 0.25) is 0 Å². The van der Waals surface area contributed by atoms with E-state index >= 15 is 0 Å². The molecule has 0 saturated carbocycles. The van der Waals surface area contributed by atoms with Crippen LogP contribution in [0.3, 0.4) is 0 Å². The summed E-state index contributed by atoms with van der Waals surface area (Å²) >= 11 is 0. The van der Waals surface area contributed by atoms with E-state index in [1.807, 2.05) is 9.44 Å². The number of hydrogen-bond donors (Lipinski definition) is 4. The van der Waals surface area contributed by atoms with Gasteiger partial charge in [0.25, 0.3) is 11.8 Å². The van der Waals surface area contributed by atoms with Gasteiger partial charge in [0.1, 0.15) is 24.6 Å². The Morgan fingerprint density at radius 3 is 1.46 bits per heavy atom. The minimum atomic E-state index is -3.92. The summed E-state index contributed by atoms with van der Waals surface area (Å²) < 4.78 is 53.0. The second kappa shape index (κ2) is 14.4. The molecular weight excluding hydrogens is 681 g/mol. The van der Waals surface area contributed by atoms with Crippen LogP contribution in [-0.2, 0) is 55.7 Å². The van der Waals surface area contributed by atoms with Crippen LogP contribution in [0.15, 0.2) is 72.8 Å². The average molecular weight is 721 g/mol. The zero-order valence-corrected chi connectivity index (χ0v) is 29.9. The topological polar surface area (TPSA) is 173 Å². The fourth-order valence-electron chi connectivity index (χ4n) is 5.95. The van der Waals surface area contributed by atoms with E-state index in [0.717, 1.165) is 45.4 Å². The maximum atomic E-state index is 11.9. The van der Waals surface area contributed by atoms with Crippen molar-refractivity contribution in [3.63, 3.8) is 0 Å². The van der Waals surface area contributed by atoms with Crippen molar-refractivity contribution in [2.75, 3.05) is 21.7 Å². The van der Waals surface area contributed by atoms with Gasteiger partial charge in [-0.25, -0.2) is 18.1 Å². The minimum Gasteiger partial charge on any atom is -0.506 e. The Morgan fingerprint density at radius 2 is 1.02 bits per heavy atom. The van der Waals surface area contributed by atoms with E-state index in [0.29, 0.717) is 0 Å². The molecule has 2 aliphatic heterocycles. The molecular formula is C36H40N4O8S2. The van der Waals surface area contributed by atoms with Crippen LogP contribution in [0.4, 0.5) is 11.4 Å². The van der Waals surface area contributed by atoms with Crippen LogP contribution in [0.25, 0.3) is 0 Å². The predicted octanol–water partition coefficient (Wildman–Crippen LogP) is 3.95. The quantitative estimate of drug-likeness (QED) is 0.212. The molecule has 4 N–H and O–H groups in total. The highest BCUT2D eigenvalue weighted by atomic mass is 32.2. The first-order chi connectivity index (χ1) is 23.5. The van der Waals surface area contributed by atoms with Crippen molar-refractivity contribution in [2.24, 2.45) is 0 Å². The number of benzene rings is 4. The molecule has 0 unspecified atom stereocenters. The molecule has 0 radical (unpaired) electrons. The number of hydrogen-bond acceptors (Lipinski definition) is 8. The van der Waals surface area contributed by atoms with Gasteiger partial charge in [-0.05, 0) is 111 Å². The zero-order chi connectivity index (χ0) is 36.4. The summed E-state index contributed by atoms with van der Waals surface area (Å²) in [5, 5.41) is 20.4. The molecule has 50 heavy (non-hydrogen) atoms. The summed E-state index contributed by atoms with van der Waals surface area (Å²) in [6.45, 7) is 7.60. The van der Waals surface area contributed by atoms with E-state index in [9.17, 15) is 36.6 Å². The average Bonchev–Trinajstić information content (AvgIpc) is 3.47. The molecule has 12 nitrogen and oxygen atoms in total. The number of aryl methyl sites for hydroxylation is 8. The molecule has 2 fully saturated rings. The molecule has 4 aromatic carbocycles. The summed E-state index contributed by atoms with van der Waals surface area (Å²) in [6.07, 6.45) is 3.10. The summed E-state index contributed by atoms with van der Waals surface area (Å²) in [7, 11) is -7.83. The fraction of sp³-hybridized carbons (Fsp3) is 0.278. The second-order valence-electron chi connectivity index (χ2n) is 12.6. The number of rotatable bonds is 8. The van der Waals surface area contributed by atoms with Crippen molar-refractivity contribution in [1.82, 2.24) is 9.44 Å². The number of anilines is 2. The first kappa shape index (κ1) is 36.2. The van der Waals surface area contributed by atoms with Gasteiger partial charge in [-0.3, -0.25) is 9.59 Å². The summed E-state index contributed by atoms with van der Waals surface area (Å²) in [5.74, 6) is -1.53. The van der Waals surface area contributed by atoms with Gasteiger partial charge in [-0.1, -0.05) is 59.7 Å². The second-order valence-corrected chi connectivity index (χ2v) is 15.8. The molecule has 0 aliphatic carbocycles. The lowest BCUT2D eigenvalue weighted by Gasteiger charge is -2.16. The molecule has 0 spiro atoms. The highest BCUT2D eigenvalue weighted by Crippen LogP contribution is 2.33. The van der Waals surface area contributed by atoms with Crippen molar-refractivity contribution in [3.05, 3.63) is 117 Å². The summed E-state index contributed by atoms with van der Waals surface area (Å²) in [5.41, 5.74) is 9.38. The van der Waals surface area contributed by atoms with Crippen LogP contribution in [0.2, 0.25) is 0 Å². The lowest BCUT2D eigenvalue weighted by molar-refractivity contribution is -0.118. The SMILES string of the molecule is Cc1ccc(C)c(CCc2ccc(N3CC(=O)NS3(=O)=O)c(O)c2)c1.Cc1ccc(CCc2ccc(N3CC(=O)NS3(=O)=O)c(O)c2)c(C)c1. The van der Waals surface area contributed by atoms with E-state index in [1.165, 1.54) is 45.5 Å². The lowest BCUT2D eigenvalue weighted by atomic mass is 9.98. The van der Waals surface area contributed by atoms with Gasteiger partial charge in [0.05, 0.1) is 11.4 Å². The number of aromatic hydroxyl groups is 2. The number of carbonyl (C=O) groups excluding carboxylic acids is 2. The fourth-order valence-corrected chi connectivity index (χ4v) is 8.27. The Labute approximate surface area is 292 Å². The molecule has 6 rings (SSSR count). The van der Waals surface area contributed by atoms with E-state index in [4.69, 9.17) is 0 Å². The van der Waals surface area contributed by atoms with Crippen molar-refractivity contribution in [3.8, 4) is 11.5 Å². The van der Waals surface area contributed by atoms with Crippen LogP contribution in [-0.4, -0.2) is 52.0 Å². The first-order valence-corrected chi connectivity index (χ1v) is 18.8. The standard InChI is InChI=1S/2C18H20N2O4S/c1-12-3-6-15(13(2)9-12)7-4-14-5-8-16(17(21)10-14)20-11-18(22)19-25(20,23)24;1-12-3-4-13(2)15(9-12)7-5-14-6-8-16(17(21)10-14)20-11-18(22)19-25(20,23)24/h3,5-6,8-10,21H,4,7,11H2,1-2H3,(H,19,22);3-4,6,8-10,21H,5,7,11H2,1-2H3,(H,19,22). The van der Waals surface area contributed by atoms with Crippen LogP contribution >= 0.6 is 0 Å². The smallest absolute Gasteiger partial charge is 0.326 e. The number of carbonyl (C=O) groups is 2. The Hall–Kier alpha value is -5.08. The van der Waals surface area contributed by atoms with Gasteiger partial charge >= 0.3 is 20.4 Å². The molecule has 2 heterocycles. The van der Waals surface area contributed by atoms with Gasteiger partial charge in [0, 0.05) is 0 Å². The number of nitrogens with one attached hydrogen (secondary N) is 2. The van der Waals surface area contributed by atoms with Gasteiger partial charge in [0.15, 0.2) is 0 Å². The lowest BCUT2D eigenvalue weighted by Crippen LogP contribution is -2.29. The van der Waals surface area contributed by atoms with Crippen LogP contribution in [0.5, 0.6) is 11.5 Å². The van der Waals surface area contributed by atoms with E-state index < -0.39 is 32.2 Å². The van der Waals surface area contributed by atoms with Crippen molar-refractivity contribution in [1.29, 1.82) is 0 Å². The molecule has 0 aromatic heterocycles. The molecule has 2 amide bonds. The largest absolute Gasteiger partial charge is 0.506 e. The third kappa shape index (κ3) is 8.37. The van der Waals surface area contributed by atoms with Crippen molar-refractivity contribution >= 4 is 43.6 Å². The first-order valence-electron chi connectivity index (χ1n) is 15.9. The molecule has 2 aliphatic rings. The van der Waals surface area contributed by atoms with Gasteiger partial charge < -0.3 is 10.2 Å². The highest BCUT2D eigenvalue weighted by Gasteiger charge is 2.36. The monoisotopic (exact) mass is 720 g/mol. The van der Waals surface area contributed by atoms with E-state index in [-0.39, 0.29) is 36.0 Å². The summed E-state index contributed by atoms with van der Waals surface area (Å²) in [4.78, 5) is 22.6. The highest BCUT2D eigenvalue weighted by molar-refractivity contribution is 7.92. The Kier molecular flexibility index (Phi) is 10.4. The predicted molar refractivity (Wildman–Crippen MR) is 192 cm³/mol. The molecule has 14 heteroatoms. The normalized spacial score (nSPS) is 16.1. The van der Waals surface area contributed by atoms with Crippen molar-refractivity contribution in [2.45, 2.75) is 53.4 Å². The molecule has 0 bridgehead atoms. The van der Waals surface area contributed by atoms with Crippen molar-refractivity contribution < 1.29 is 36.6 Å². The van der Waals surface area contributed by atoms with Gasteiger partial charge in [-0.2, -0.15) is 16.8 Å². The number of nitrogens with zero attached hydrogens (tertiary/aromatic N) is 2. The molecule has 4 aromatic rings. The van der Waals surface area contributed by atoms with E-state index in [1.54, 1.807) is 24.3 Å². The Bertz CT molecular complexity index is 2190. The number of amides is 2. The molecule has 264 valence electrons. The van der Waals surface area contributed by atoms with Crippen LogP contribution < -0.4 is 18.1 Å². The zero-order valence-electron chi connectivity index (χ0n) is 28.2. The van der Waals surface area contributed by atoms with Crippen LogP contribution in [0.1, 0.15) is 44.5 Å². The maximum absolute atomic E-state index is 11.9. The Morgan fingerprint density at radius 1 is 0.560 bits per heavy atom. The Balaban J connectivity index is 0.000000194. The number of phenolic OH excluding ortho intramolecular Hbond substituents is 2. The summed E-state index contributed by atoms with van der Waals surface area (Å²) in [6, 6.07) is 22.4. The minimum absolute atomic E-state index is 0.105. The maximum Gasteiger partial charge on any atom is 0.326 e. The number of phenols is 2. The van der Waals surface area contributed by atoms with Gasteiger partial charge in [-0.15, -0.1) is 0 Å². The van der Waals surface area contributed by atoms with Crippen LogP contribution in [0, 0.1) is 27.7 Å². The third-order valence-electron chi connectivity index (χ3n) is 8.63. The molecule has 0 atom stereocenters.